The molecule has 0 aliphatic carbocycles. The second kappa shape index (κ2) is 6.96. The molecule has 0 aromatic heterocycles. The van der Waals surface area contributed by atoms with E-state index in [-0.39, 0.29) is 18.9 Å². The van der Waals surface area contributed by atoms with Crippen LogP contribution in [0, 0.1) is 11.3 Å². The number of hydrogen-bond acceptors (Lipinski definition) is 4. The van der Waals surface area contributed by atoms with Crippen molar-refractivity contribution < 1.29 is 9.53 Å². The minimum Gasteiger partial charge on any atom is -0.491 e. The quantitative estimate of drug-likeness (QED) is 0.824. The molecule has 0 bridgehead atoms. The van der Waals surface area contributed by atoms with Gasteiger partial charge in [-0.1, -0.05) is 18.2 Å². The third kappa shape index (κ3) is 4.25. The fraction of sp³-hybridized carbons (Fsp3) is 0.125. The molecule has 5 nitrogen and oxygen atoms in total. The van der Waals surface area contributed by atoms with Crippen LogP contribution in [0.2, 0.25) is 0 Å². The Balaban J connectivity index is 1.83. The van der Waals surface area contributed by atoms with Gasteiger partial charge in [0.2, 0.25) is 5.91 Å². The van der Waals surface area contributed by atoms with Gasteiger partial charge >= 0.3 is 0 Å². The zero-order valence-electron chi connectivity index (χ0n) is 11.4. The van der Waals surface area contributed by atoms with E-state index in [2.05, 4.69) is 5.32 Å². The van der Waals surface area contributed by atoms with Gasteiger partial charge in [0.1, 0.15) is 5.75 Å². The van der Waals surface area contributed by atoms with Crippen LogP contribution in [0.1, 0.15) is 12.0 Å². The van der Waals surface area contributed by atoms with Crippen LogP contribution in [-0.2, 0) is 4.79 Å². The Morgan fingerprint density at radius 3 is 2.81 bits per heavy atom. The lowest BCUT2D eigenvalue weighted by Crippen LogP contribution is -2.15. The third-order valence-electron chi connectivity index (χ3n) is 2.78. The molecule has 2 aromatic carbocycles. The Morgan fingerprint density at radius 1 is 1.24 bits per heavy atom. The number of carbonyl (C=O) groups is 1. The molecule has 2 aromatic rings. The van der Waals surface area contributed by atoms with Gasteiger partial charge in [0, 0.05) is 5.69 Å². The van der Waals surface area contributed by atoms with Gasteiger partial charge in [0.25, 0.3) is 0 Å². The van der Waals surface area contributed by atoms with E-state index in [4.69, 9.17) is 15.7 Å². The summed E-state index contributed by atoms with van der Waals surface area (Å²) < 4.78 is 5.45. The molecule has 0 aliphatic heterocycles. The molecule has 3 N–H and O–H groups in total. The lowest BCUT2D eigenvalue weighted by Gasteiger charge is -2.09. The van der Waals surface area contributed by atoms with Gasteiger partial charge in [-0.05, 0) is 30.3 Å². The van der Waals surface area contributed by atoms with Crippen molar-refractivity contribution in [2.45, 2.75) is 6.42 Å². The molecule has 0 fully saturated rings. The molecule has 0 unspecified atom stereocenters. The van der Waals surface area contributed by atoms with E-state index in [0.717, 1.165) is 0 Å². The standard InChI is InChI=1S/C16H15N3O2/c17-11-12-4-3-5-13(10-12)19-16(20)8-9-21-15-7-2-1-6-14(15)18/h1-7,10H,8-9,18H2,(H,19,20). The number of rotatable bonds is 5. The van der Waals surface area contributed by atoms with Crippen molar-refractivity contribution in [1.82, 2.24) is 0 Å². The number of para-hydroxylation sites is 2. The number of anilines is 2. The Labute approximate surface area is 123 Å². The maximum Gasteiger partial charge on any atom is 0.227 e. The minimum atomic E-state index is -0.181. The van der Waals surface area contributed by atoms with Crippen LogP contribution in [0.25, 0.3) is 0 Å². The van der Waals surface area contributed by atoms with Crippen molar-refractivity contribution in [3.63, 3.8) is 0 Å². The molecular weight excluding hydrogens is 266 g/mol. The normalized spacial score (nSPS) is 9.67. The predicted molar refractivity (Wildman–Crippen MR) is 80.8 cm³/mol. The van der Waals surface area contributed by atoms with Gasteiger partial charge in [0.15, 0.2) is 0 Å². The van der Waals surface area contributed by atoms with Crippen LogP contribution in [-0.4, -0.2) is 12.5 Å². The molecule has 0 aliphatic rings. The molecule has 2 rings (SSSR count). The Bertz CT molecular complexity index is 677. The van der Waals surface area contributed by atoms with Crippen LogP contribution >= 0.6 is 0 Å². The third-order valence-corrected chi connectivity index (χ3v) is 2.78. The van der Waals surface area contributed by atoms with Crippen molar-refractivity contribution in [2.75, 3.05) is 17.7 Å². The predicted octanol–water partition coefficient (Wildman–Crippen LogP) is 2.55. The number of nitrogens with two attached hydrogens (primary N) is 1. The average molecular weight is 281 g/mol. The number of nitriles is 1. The lowest BCUT2D eigenvalue weighted by molar-refractivity contribution is -0.116. The number of hydrogen-bond donors (Lipinski definition) is 2. The summed E-state index contributed by atoms with van der Waals surface area (Å²) in [5, 5.41) is 11.5. The molecule has 0 atom stereocenters. The van der Waals surface area contributed by atoms with E-state index in [1.54, 1.807) is 36.4 Å². The smallest absolute Gasteiger partial charge is 0.227 e. The highest BCUT2D eigenvalue weighted by Crippen LogP contribution is 2.19. The highest BCUT2D eigenvalue weighted by atomic mass is 16.5. The number of ether oxygens (including phenoxy) is 1. The average Bonchev–Trinajstić information content (AvgIpc) is 2.49. The van der Waals surface area contributed by atoms with Gasteiger partial charge in [-0.15, -0.1) is 0 Å². The van der Waals surface area contributed by atoms with E-state index >= 15 is 0 Å². The molecule has 5 heteroatoms. The second-order valence-electron chi connectivity index (χ2n) is 4.38. The first-order valence-corrected chi connectivity index (χ1v) is 6.46. The van der Waals surface area contributed by atoms with Crippen molar-refractivity contribution in [3.05, 3.63) is 54.1 Å². The molecule has 106 valence electrons. The van der Waals surface area contributed by atoms with Gasteiger partial charge in [-0.3, -0.25) is 4.79 Å². The molecule has 1 amide bonds. The summed E-state index contributed by atoms with van der Waals surface area (Å²) in [5.41, 5.74) is 7.37. The number of nitrogen functional groups attached to an aromatic ring is 1. The van der Waals surface area contributed by atoms with Crippen LogP contribution in [0.5, 0.6) is 5.75 Å². The fourth-order valence-electron chi connectivity index (χ4n) is 1.76. The number of benzene rings is 2. The maximum absolute atomic E-state index is 11.8. The van der Waals surface area contributed by atoms with Crippen molar-refractivity contribution >= 4 is 17.3 Å². The van der Waals surface area contributed by atoms with E-state index in [1.165, 1.54) is 0 Å². The highest BCUT2D eigenvalue weighted by Gasteiger charge is 2.05. The van der Waals surface area contributed by atoms with Crippen LogP contribution in [0.3, 0.4) is 0 Å². The van der Waals surface area contributed by atoms with Gasteiger partial charge in [0.05, 0.1) is 30.3 Å². The maximum atomic E-state index is 11.8. The molecule has 0 saturated heterocycles. The molecular formula is C16H15N3O2. The number of nitrogens with zero attached hydrogens (tertiary/aromatic N) is 1. The van der Waals surface area contributed by atoms with E-state index in [1.807, 2.05) is 18.2 Å². The Morgan fingerprint density at radius 2 is 2.05 bits per heavy atom. The summed E-state index contributed by atoms with van der Waals surface area (Å²) >= 11 is 0. The summed E-state index contributed by atoms with van der Waals surface area (Å²) in [6.45, 7) is 0.234. The van der Waals surface area contributed by atoms with Crippen molar-refractivity contribution in [1.29, 1.82) is 5.26 Å². The minimum absolute atomic E-state index is 0.181. The first-order valence-electron chi connectivity index (χ1n) is 6.46. The summed E-state index contributed by atoms with van der Waals surface area (Å²) in [4.78, 5) is 11.8. The molecule has 0 spiro atoms. The summed E-state index contributed by atoms with van der Waals surface area (Å²) in [5.74, 6) is 0.386. The summed E-state index contributed by atoms with van der Waals surface area (Å²) in [7, 11) is 0. The van der Waals surface area contributed by atoms with Crippen molar-refractivity contribution in [3.8, 4) is 11.8 Å². The second-order valence-corrected chi connectivity index (χ2v) is 4.38. The number of amides is 1. The first-order chi connectivity index (χ1) is 10.2. The zero-order valence-corrected chi connectivity index (χ0v) is 11.4. The van der Waals surface area contributed by atoms with Gasteiger partial charge in [-0.2, -0.15) is 5.26 Å². The summed E-state index contributed by atoms with van der Waals surface area (Å²) in [6, 6.07) is 15.9. The van der Waals surface area contributed by atoms with Crippen LogP contribution < -0.4 is 15.8 Å². The van der Waals surface area contributed by atoms with E-state index in [9.17, 15) is 4.79 Å². The van der Waals surface area contributed by atoms with E-state index < -0.39 is 0 Å². The van der Waals surface area contributed by atoms with E-state index in [0.29, 0.717) is 22.7 Å². The summed E-state index contributed by atoms with van der Waals surface area (Å²) in [6.07, 6.45) is 0.200. The van der Waals surface area contributed by atoms with Crippen LogP contribution in [0.4, 0.5) is 11.4 Å². The molecule has 0 saturated carbocycles. The highest BCUT2D eigenvalue weighted by molar-refractivity contribution is 5.90. The molecule has 0 radical (unpaired) electrons. The fourth-order valence-corrected chi connectivity index (χ4v) is 1.76. The lowest BCUT2D eigenvalue weighted by atomic mass is 10.2. The first kappa shape index (κ1) is 14.4. The van der Waals surface area contributed by atoms with Gasteiger partial charge < -0.3 is 15.8 Å². The SMILES string of the molecule is N#Cc1cccc(NC(=O)CCOc2ccccc2N)c1. The molecule has 0 heterocycles. The number of nitrogens with one attached hydrogen (secondary N) is 1. The van der Waals surface area contributed by atoms with Crippen LogP contribution in [0.15, 0.2) is 48.5 Å². The monoisotopic (exact) mass is 281 g/mol. The number of carbonyl (C=O) groups excluding carboxylic acids is 1. The topological polar surface area (TPSA) is 88.1 Å². The Kier molecular flexibility index (Phi) is 4.78. The van der Waals surface area contributed by atoms with Gasteiger partial charge in [-0.25, -0.2) is 0 Å². The zero-order chi connectivity index (χ0) is 15.1. The van der Waals surface area contributed by atoms with Crippen molar-refractivity contribution in [2.24, 2.45) is 0 Å². The largest absolute Gasteiger partial charge is 0.491 e. The molecule has 21 heavy (non-hydrogen) atoms. The Hall–Kier alpha value is -3.00.